The molecule has 1 heterocycles. The van der Waals surface area contributed by atoms with Gasteiger partial charge >= 0.3 is 5.97 Å². The molecule has 2 atom stereocenters. The number of likely N-dealkylation sites (tertiary alicyclic amines) is 1. The van der Waals surface area contributed by atoms with Crippen molar-refractivity contribution in [2.24, 2.45) is 17.8 Å². The molecule has 1 aromatic carbocycles. The fourth-order valence-electron chi connectivity index (χ4n) is 3.32. The summed E-state index contributed by atoms with van der Waals surface area (Å²) in [6.07, 6.45) is 2.43. The summed E-state index contributed by atoms with van der Waals surface area (Å²) < 4.78 is 5.70. The molecule has 0 aromatic heterocycles. The van der Waals surface area contributed by atoms with Gasteiger partial charge in [-0.2, -0.15) is 0 Å². The molecule has 114 valence electrons. The SMILES string of the molecule is O=C(O)[C@@H]1CN(CCOCc2ccccc2)C[C@H]1C1CC1. The molecular weight excluding hydrogens is 266 g/mol. The van der Waals surface area contributed by atoms with Crippen molar-refractivity contribution in [2.45, 2.75) is 19.4 Å². The normalized spacial score (nSPS) is 26.1. The van der Waals surface area contributed by atoms with Crippen molar-refractivity contribution in [1.29, 1.82) is 0 Å². The number of ether oxygens (including phenoxy) is 1. The Morgan fingerprint density at radius 2 is 2.00 bits per heavy atom. The average molecular weight is 289 g/mol. The lowest BCUT2D eigenvalue weighted by Gasteiger charge is -2.15. The van der Waals surface area contributed by atoms with Crippen LogP contribution < -0.4 is 0 Å². The van der Waals surface area contributed by atoms with Gasteiger partial charge in [0, 0.05) is 19.6 Å². The van der Waals surface area contributed by atoms with Gasteiger partial charge in [-0.3, -0.25) is 9.69 Å². The lowest BCUT2D eigenvalue weighted by molar-refractivity contribution is -0.142. The van der Waals surface area contributed by atoms with Crippen LogP contribution in [0.5, 0.6) is 0 Å². The van der Waals surface area contributed by atoms with Gasteiger partial charge in [0.1, 0.15) is 0 Å². The minimum Gasteiger partial charge on any atom is -0.481 e. The average Bonchev–Trinajstić information content (AvgIpc) is 3.25. The zero-order valence-corrected chi connectivity index (χ0v) is 12.3. The summed E-state index contributed by atoms with van der Waals surface area (Å²) in [5.41, 5.74) is 1.18. The molecular formula is C17H23NO3. The second-order valence-electron chi connectivity index (χ2n) is 6.24. The summed E-state index contributed by atoms with van der Waals surface area (Å²) in [6, 6.07) is 10.1. The molecule has 21 heavy (non-hydrogen) atoms. The molecule has 1 aliphatic carbocycles. The Labute approximate surface area is 125 Å². The predicted octanol–water partition coefficient (Wildman–Crippen LogP) is 2.25. The van der Waals surface area contributed by atoms with Gasteiger partial charge in [0.15, 0.2) is 0 Å². The first-order valence-electron chi connectivity index (χ1n) is 7.81. The van der Waals surface area contributed by atoms with Crippen LogP contribution in [0.2, 0.25) is 0 Å². The Bertz CT molecular complexity index is 472. The second kappa shape index (κ2) is 6.58. The number of rotatable bonds is 7. The molecule has 2 aliphatic rings. The monoisotopic (exact) mass is 289 g/mol. The number of aliphatic carboxylic acids is 1. The van der Waals surface area contributed by atoms with E-state index in [-0.39, 0.29) is 5.92 Å². The summed E-state index contributed by atoms with van der Waals surface area (Å²) in [4.78, 5) is 13.6. The fourth-order valence-corrected chi connectivity index (χ4v) is 3.32. The highest BCUT2D eigenvalue weighted by Crippen LogP contribution is 2.43. The van der Waals surface area contributed by atoms with Gasteiger partial charge in [-0.1, -0.05) is 30.3 Å². The van der Waals surface area contributed by atoms with E-state index in [1.165, 1.54) is 18.4 Å². The smallest absolute Gasteiger partial charge is 0.308 e. The van der Waals surface area contributed by atoms with E-state index in [2.05, 4.69) is 17.0 Å². The Hall–Kier alpha value is -1.39. The van der Waals surface area contributed by atoms with E-state index in [9.17, 15) is 9.90 Å². The predicted molar refractivity (Wildman–Crippen MR) is 79.9 cm³/mol. The lowest BCUT2D eigenvalue weighted by Crippen LogP contribution is -2.26. The van der Waals surface area contributed by atoms with Crippen molar-refractivity contribution >= 4 is 5.97 Å². The van der Waals surface area contributed by atoms with Crippen LogP contribution in [0.1, 0.15) is 18.4 Å². The van der Waals surface area contributed by atoms with Crippen LogP contribution in [-0.2, 0) is 16.1 Å². The van der Waals surface area contributed by atoms with Crippen LogP contribution in [0.15, 0.2) is 30.3 Å². The van der Waals surface area contributed by atoms with Crippen LogP contribution >= 0.6 is 0 Å². The van der Waals surface area contributed by atoms with Gasteiger partial charge in [0.2, 0.25) is 0 Å². The molecule has 4 heteroatoms. The molecule has 1 N–H and O–H groups in total. The van der Waals surface area contributed by atoms with Crippen molar-refractivity contribution < 1.29 is 14.6 Å². The molecule has 4 nitrogen and oxygen atoms in total. The molecule has 0 bridgehead atoms. The van der Waals surface area contributed by atoms with Crippen molar-refractivity contribution in [3.8, 4) is 0 Å². The third-order valence-corrected chi connectivity index (χ3v) is 4.65. The van der Waals surface area contributed by atoms with Crippen LogP contribution in [0.3, 0.4) is 0 Å². The zero-order valence-electron chi connectivity index (χ0n) is 12.3. The maximum Gasteiger partial charge on any atom is 0.308 e. The van der Waals surface area contributed by atoms with Crippen molar-refractivity contribution in [3.63, 3.8) is 0 Å². The fraction of sp³-hybridized carbons (Fsp3) is 0.588. The minimum absolute atomic E-state index is 0.174. The largest absolute Gasteiger partial charge is 0.481 e. The van der Waals surface area contributed by atoms with Crippen molar-refractivity contribution in [1.82, 2.24) is 4.90 Å². The van der Waals surface area contributed by atoms with Crippen LogP contribution in [0.4, 0.5) is 0 Å². The van der Waals surface area contributed by atoms with E-state index in [4.69, 9.17) is 4.74 Å². The molecule has 0 amide bonds. The summed E-state index contributed by atoms with van der Waals surface area (Å²) in [6.45, 7) is 3.74. The van der Waals surface area contributed by atoms with E-state index < -0.39 is 5.97 Å². The Morgan fingerprint density at radius 1 is 1.24 bits per heavy atom. The maximum atomic E-state index is 11.3. The van der Waals surface area contributed by atoms with Crippen LogP contribution in [0.25, 0.3) is 0 Å². The third kappa shape index (κ3) is 3.83. The summed E-state index contributed by atoms with van der Waals surface area (Å²) in [5, 5.41) is 9.34. The first-order chi connectivity index (χ1) is 10.2. The molecule has 1 aromatic rings. The molecule has 0 unspecified atom stereocenters. The highest BCUT2D eigenvalue weighted by molar-refractivity contribution is 5.71. The molecule has 1 saturated heterocycles. The van der Waals surface area contributed by atoms with E-state index in [1.54, 1.807) is 0 Å². The number of carbonyl (C=O) groups is 1. The van der Waals surface area contributed by atoms with Gasteiger partial charge in [-0.15, -0.1) is 0 Å². The van der Waals surface area contributed by atoms with Crippen molar-refractivity contribution in [3.05, 3.63) is 35.9 Å². The van der Waals surface area contributed by atoms with Gasteiger partial charge in [-0.25, -0.2) is 0 Å². The molecule has 3 rings (SSSR count). The van der Waals surface area contributed by atoms with Gasteiger partial charge < -0.3 is 9.84 Å². The van der Waals surface area contributed by atoms with E-state index >= 15 is 0 Å². The lowest BCUT2D eigenvalue weighted by atomic mass is 9.92. The van der Waals surface area contributed by atoms with E-state index in [0.29, 0.717) is 31.6 Å². The van der Waals surface area contributed by atoms with Crippen LogP contribution in [-0.4, -0.2) is 42.2 Å². The van der Waals surface area contributed by atoms with Gasteiger partial charge in [0.05, 0.1) is 19.1 Å². The maximum absolute atomic E-state index is 11.3. The Balaban J connectivity index is 1.41. The number of benzene rings is 1. The number of hydrogen-bond acceptors (Lipinski definition) is 3. The third-order valence-electron chi connectivity index (χ3n) is 4.65. The first-order valence-corrected chi connectivity index (χ1v) is 7.81. The Morgan fingerprint density at radius 3 is 2.67 bits per heavy atom. The number of hydrogen-bond donors (Lipinski definition) is 1. The highest BCUT2D eigenvalue weighted by Gasteiger charge is 2.45. The van der Waals surface area contributed by atoms with Crippen molar-refractivity contribution in [2.75, 3.05) is 26.2 Å². The van der Waals surface area contributed by atoms with Gasteiger partial charge in [0.25, 0.3) is 0 Å². The quantitative estimate of drug-likeness (QED) is 0.782. The highest BCUT2D eigenvalue weighted by atomic mass is 16.5. The molecule has 2 fully saturated rings. The summed E-state index contributed by atoms with van der Waals surface area (Å²) in [5.74, 6) is 0.212. The van der Waals surface area contributed by atoms with E-state index in [1.807, 2.05) is 18.2 Å². The molecule has 0 radical (unpaired) electrons. The number of carboxylic acids is 1. The molecule has 1 saturated carbocycles. The van der Waals surface area contributed by atoms with E-state index in [0.717, 1.165) is 13.1 Å². The topological polar surface area (TPSA) is 49.8 Å². The second-order valence-corrected chi connectivity index (χ2v) is 6.24. The first kappa shape index (κ1) is 14.5. The zero-order chi connectivity index (χ0) is 14.7. The number of carboxylic acid groups (broad SMARTS) is 1. The summed E-state index contributed by atoms with van der Waals surface area (Å²) >= 11 is 0. The standard InChI is InChI=1S/C17H23NO3/c19-17(20)16-11-18(10-15(16)14-6-7-14)8-9-21-12-13-4-2-1-3-5-13/h1-5,14-16H,6-12H2,(H,19,20)/t15-,16+/m0/s1. The Kier molecular flexibility index (Phi) is 4.56. The van der Waals surface area contributed by atoms with Crippen LogP contribution in [0, 0.1) is 17.8 Å². The summed E-state index contributed by atoms with van der Waals surface area (Å²) in [7, 11) is 0. The molecule has 0 spiro atoms. The minimum atomic E-state index is -0.625. The van der Waals surface area contributed by atoms with Gasteiger partial charge in [-0.05, 0) is 30.2 Å². The molecule has 1 aliphatic heterocycles. The number of nitrogens with zero attached hydrogens (tertiary/aromatic N) is 1.